The number of nitrogens with zero attached hydrogens (tertiary/aromatic N) is 4. The fraction of sp³-hybridized carbons (Fsp3) is 0.297. The number of carbonyl (C=O) groups is 1. The van der Waals surface area contributed by atoms with Crippen LogP contribution in [0.4, 0.5) is 4.79 Å². The maximum absolute atomic E-state index is 14.4. The summed E-state index contributed by atoms with van der Waals surface area (Å²) in [6, 6.07) is 23.8. The maximum Gasteiger partial charge on any atom is 0.407 e. The first-order valence-electron chi connectivity index (χ1n) is 16.0. The fourth-order valence-corrected chi connectivity index (χ4v) is 7.65. The molecule has 0 radical (unpaired) electrons. The molecule has 2 aromatic heterocycles. The van der Waals surface area contributed by atoms with Crippen molar-refractivity contribution in [3.05, 3.63) is 113 Å². The van der Waals surface area contributed by atoms with E-state index in [0.29, 0.717) is 36.8 Å². The zero-order valence-electron chi connectivity index (χ0n) is 28.0. The number of pyridine rings is 1. The van der Waals surface area contributed by atoms with Crippen molar-refractivity contribution in [3.8, 4) is 22.8 Å². The second-order valence-electron chi connectivity index (χ2n) is 12.2. The van der Waals surface area contributed by atoms with Gasteiger partial charge in [-0.05, 0) is 84.6 Å². The van der Waals surface area contributed by atoms with E-state index in [1.807, 2.05) is 91.2 Å². The van der Waals surface area contributed by atoms with Crippen molar-refractivity contribution in [2.24, 2.45) is 0 Å². The first-order valence-corrected chi connectivity index (χ1v) is 17.4. The summed E-state index contributed by atoms with van der Waals surface area (Å²) >= 11 is 0. The van der Waals surface area contributed by atoms with Crippen LogP contribution in [0.1, 0.15) is 27.9 Å². The van der Waals surface area contributed by atoms with Crippen LogP contribution >= 0.6 is 0 Å². The molecule has 0 unspecified atom stereocenters. The van der Waals surface area contributed by atoms with Crippen LogP contribution in [0.5, 0.6) is 11.5 Å². The van der Waals surface area contributed by atoms with Crippen molar-refractivity contribution in [1.82, 2.24) is 18.6 Å². The van der Waals surface area contributed by atoms with Gasteiger partial charge in [0, 0.05) is 37.8 Å². The van der Waals surface area contributed by atoms with Gasteiger partial charge in [-0.25, -0.2) is 18.2 Å². The number of morpholine rings is 1. The third-order valence-electron chi connectivity index (χ3n) is 8.84. The number of ether oxygens (including phenoxy) is 3. The third-order valence-corrected chi connectivity index (χ3v) is 10.6. The number of aromatic nitrogens is 2. The summed E-state index contributed by atoms with van der Waals surface area (Å²) in [6.45, 7) is 5.09. The van der Waals surface area contributed by atoms with E-state index in [-0.39, 0.29) is 30.6 Å². The highest BCUT2D eigenvalue weighted by molar-refractivity contribution is 7.89. The molecule has 1 fully saturated rings. The lowest BCUT2D eigenvalue weighted by Crippen LogP contribution is -2.45. The molecule has 0 spiro atoms. The molecule has 11 nitrogen and oxygen atoms in total. The molecular weight excluding hydrogens is 644 g/mol. The van der Waals surface area contributed by atoms with Crippen LogP contribution in [0.2, 0.25) is 0 Å². The Morgan fingerprint density at radius 3 is 2.14 bits per heavy atom. The van der Waals surface area contributed by atoms with Crippen LogP contribution < -0.4 is 9.47 Å². The molecule has 49 heavy (non-hydrogen) atoms. The maximum atomic E-state index is 14.4. The van der Waals surface area contributed by atoms with Gasteiger partial charge in [-0.2, -0.15) is 4.31 Å². The van der Waals surface area contributed by atoms with Crippen molar-refractivity contribution >= 4 is 21.8 Å². The van der Waals surface area contributed by atoms with Crippen molar-refractivity contribution in [2.75, 3.05) is 33.9 Å². The second kappa shape index (κ2) is 14.3. The first-order chi connectivity index (χ1) is 23.5. The Hall–Kier alpha value is -4.91. The predicted octanol–water partition coefficient (Wildman–Crippen LogP) is 5.95. The first kappa shape index (κ1) is 34.0. The van der Waals surface area contributed by atoms with Gasteiger partial charge in [0.15, 0.2) is 0 Å². The van der Waals surface area contributed by atoms with Gasteiger partial charge in [-0.1, -0.05) is 30.3 Å². The Morgan fingerprint density at radius 1 is 0.939 bits per heavy atom. The molecule has 0 saturated carbocycles. The molecule has 0 bridgehead atoms. The van der Waals surface area contributed by atoms with Crippen LogP contribution in [0, 0.1) is 13.8 Å². The number of hydrogen-bond donors (Lipinski definition) is 1. The molecule has 12 heteroatoms. The molecule has 1 atom stereocenters. The molecule has 1 amide bonds. The molecule has 1 aliphatic rings. The van der Waals surface area contributed by atoms with Crippen LogP contribution in [0.3, 0.4) is 0 Å². The van der Waals surface area contributed by atoms with Gasteiger partial charge in [0.2, 0.25) is 10.0 Å². The molecule has 256 valence electrons. The van der Waals surface area contributed by atoms with Gasteiger partial charge in [0.25, 0.3) is 0 Å². The Balaban J connectivity index is 1.35. The molecule has 1 N–H and O–H groups in total. The van der Waals surface area contributed by atoms with Gasteiger partial charge in [0.1, 0.15) is 17.1 Å². The normalized spacial score (nSPS) is 15.1. The van der Waals surface area contributed by atoms with Crippen LogP contribution in [0.15, 0.2) is 90.0 Å². The highest BCUT2D eigenvalue weighted by atomic mass is 32.2. The second-order valence-corrected chi connectivity index (χ2v) is 14.1. The lowest BCUT2D eigenvalue weighted by Gasteiger charge is -2.31. The van der Waals surface area contributed by atoms with E-state index in [9.17, 15) is 18.3 Å². The number of imidazole rings is 1. The van der Waals surface area contributed by atoms with Gasteiger partial charge >= 0.3 is 6.09 Å². The fourth-order valence-electron chi connectivity index (χ4n) is 6.15. The smallest absolute Gasteiger partial charge is 0.407 e. The number of carboxylic acid groups (broad SMARTS) is 1. The zero-order valence-corrected chi connectivity index (χ0v) is 28.8. The van der Waals surface area contributed by atoms with Crippen molar-refractivity contribution in [1.29, 1.82) is 0 Å². The minimum atomic E-state index is -3.96. The summed E-state index contributed by atoms with van der Waals surface area (Å²) in [7, 11) is -0.780. The van der Waals surface area contributed by atoms with Crippen LogP contribution in [0.25, 0.3) is 16.9 Å². The largest absolute Gasteiger partial charge is 0.497 e. The minimum absolute atomic E-state index is 0.157. The SMILES string of the molecule is COc1ccc(CN(Cc2ccc(OC)cc2)S(=O)(=O)c2ccc(-c3nc4cc(C)ccn4c3C[C@H]3CN(C(=O)O)CCO3)c(C)c2)cc1. The zero-order chi connectivity index (χ0) is 34.7. The van der Waals surface area contributed by atoms with Crippen LogP contribution in [-0.4, -0.2) is 78.2 Å². The Labute approximate surface area is 286 Å². The van der Waals surface area contributed by atoms with Gasteiger partial charge in [-0.3, -0.25) is 0 Å². The average molecular weight is 685 g/mol. The lowest BCUT2D eigenvalue weighted by molar-refractivity contribution is -0.0214. The Kier molecular flexibility index (Phi) is 9.91. The summed E-state index contributed by atoms with van der Waals surface area (Å²) < 4.78 is 48.8. The standard InChI is InChI=1S/C37H40N4O7S/c1-25-15-16-41-34(21-31-24-39(37(42)43)17-18-48-31)36(38-35(41)19-25)33-14-13-32(20-26(33)2)49(44,45)40(22-27-5-9-29(46-3)10-6-27)23-28-7-11-30(47-4)12-8-28/h5-16,19-20,31H,17-18,21-24H2,1-4H3,(H,42,43)/t31-/m0/s1. The number of rotatable bonds is 11. The number of aryl methyl sites for hydroxylation is 2. The number of sulfonamides is 1. The predicted molar refractivity (Wildman–Crippen MR) is 186 cm³/mol. The van der Waals surface area contributed by atoms with Gasteiger partial charge in [-0.15, -0.1) is 0 Å². The van der Waals surface area contributed by atoms with Crippen molar-refractivity contribution in [2.45, 2.75) is 44.4 Å². The molecule has 5 aromatic rings. The number of benzene rings is 3. The molecule has 1 aliphatic heterocycles. The van der Waals surface area contributed by atoms with Crippen LogP contribution in [-0.2, 0) is 34.3 Å². The summed E-state index contributed by atoms with van der Waals surface area (Å²) in [5.74, 6) is 1.38. The third kappa shape index (κ3) is 7.41. The molecular formula is C37H40N4O7S. The summed E-state index contributed by atoms with van der Waals surface area (Å²) in [4.78, 5) is 18.2. The van der Waals surface area contributed by atoms with E-state index in [4.69, 9.17) is 19.2 Å². The Morgan fingerprint density at radius 2 is 1.57 bits per heavy atom. The molecule has 0 aliphatic carbocycles. The van der Waals surface area contributed by atoms with E-state index in [2.05, 4.69) is 0 Å². The van der Waals surface area contributed by atoms with E-state index >= 15 is 0 Å². The lowest BCUT2D eigenvalue weighted by atomic mass is 10.0. The number of fused-ring (bicyclic) bond motifs is 1. The monoisotopic (exact) mass is 684 g/mol. The van der Waals surface area contributed by atoms with E-state index in [1.165, 1.54) is 9.21 Å². The van der Waals surface area contributed by atoms with Crippen molar-refractivity contribution < 1.29 is 32.5 Å². The number of hydrogen-bond acceptors (Lipinski definition) is 7. The molecule has 3 heterocycles. The van der Waals surface area contributed by atoms with Crippen molar-refractivity contribution in [3.63, 3.8) is 0 Å². The van der Waals surface area contributed by atoms with Gasteiger partial charge in [0.05, 0.1) is 49.8 Å². The topological polar surface area (TPSA) is 123 Å². The number of amides is 1. The highest BCUT2D eigenvalue weighted by Gasteiger charge is 2.29. The van der Waals surface area contributed by atoms with E-state index in [1.54, 1.807) is 26.4 Å². The van der Waals surface area contributed by atoms with Gasteiger partial charge < -0.3 is 28.6 Å². The Bertz CT molecular complexity index is 2010. The van der Waals surface area contributed by atoms with E-state index in [0.717, 1.165) is 39.2 Å². The highest BCUT2D eigenvalue weighted by Crippen LogP contribution is 2.32. The molecule has 1 saturated heterocycles. The average Bonchev–Trinajstić information content (AvgIpc) is 3.45. The molecule has 3 aromatic carbocycles. The summed E-state index contributed by atoms with van der Waals surface area (Å²) in [6.07, 6.45) is 1.07. The number of methoxy groups -OCH3 is 2. The minimum Gasteiger partial charge on any atom is -0.497 e. The molecule has 6 rings (SSSR count). The quantitative estimate of drug-likeness (QED) is 0.181. The summed E-state index contributed by atoms with van der Waals surface area (Å²) in [5.41, 5.74) is 6.55. The summed E-state index contributed by atoms with van der Waals surface area (Å²) in [5, 5.41) is 9.58. The van der Waals surface area contributed by atoms with E-state index < -0.39 is 16.1 Å².